The number of para-hydroxylation sites is 1. The smallest absolute Gasteiger partial charge is 0.266 e. The summed E-state index contributed by atoms with van der Waals surface area (Å²) < 4.78 is 8.36. The molecule has 0 N–H and O–H groups in total. The summed E-state index contributed by atoms with van der Waals surface area (Å²) in [6, 6.07) is 16.4. The zero-order valence-corrected chi connectivity index (χ0v) is 21.7. The summed E-state index contributed by atoms with van der Waals surface area (Å²) in [7, 11) is 0. The fourth-order valence-corrected chi connectivity index (χ4v) is 6.12. The molecule has 0 radical (unpaired) electrons. The first-order chi connectivity index (χ1) is 17.0. The number of nitrogens with zero attached hydrogens (tertiary/aromatic N) is 3. The second-order valence-electron chi connectivity index (χ2n) is 9.03. The third-order valence-electron chi connectivity index (χ3n) is 6.49. The number of ether oxygens (including phenoxy) is 1. The van der Waals surface area contributed by atoms with Gasteiger partial charge in [-0.1, -0.05) is 61.9 Å². The lowest BCUT2D eigenvalue weighted by atomic mass is 10.0. The Balaban J connectivity index is 1.55. The second kappa shape index (κ2) is 10.4. The molecule has 1 saturated carbocycles. The van der Waals surface area contributed by atoms with Crippen LogP contribution in [0.3, 0.4) is 0 Å². The molecule has 1 saturated heterocycles. The van der Waals surface area contributed by atoms with E-state index < -0.39 is 0 Å². The molecule has 5 rings (SSSR count). The summed E-state index contributed by atoms with van der Waals surface area (Å²) in [4.78, 5) is 15.9. The molecule has 1 aliphatic carbocycles. The van der Waals surface area contributed by atoms with E-state index in [0.717, 1.165) is 65.9 Å². The SMILES string of the molecule is CCCOc1ccc(-c2nn(-c3ccccc3)cc2/C=C2/SC(=S)N(C3CCCC3)C2=O)c(C)c1. The van der Waals surface area contributed by atoms with Crippen molar-refractivity contribution in [3.63, 3.8) is 0 Å². The Morgan fingerprint density at radius 1 is 1.17 bits per heavy atom. The van der Waals surface area contributed by atoms with Gasteiger partial charge in [0.1, 0.15) is 15.8 Å². The Kier molecular flexibility index (Phi) is 7.07. The van der Waals surface area contributed by atoms with E-state index in [2.05, 4.69) is 26.0 Å². The molecule has 1 amide bonds. The van der Waals surface area contributed by atoms with Crippen LogP contribution in [0.2, 0.25) is 0 Å². The van der Waals surface area contributed by atoms with E-state index in [9.17, 15) is 4.79 Å². The highest BCUT2D eigenvalue weighted by Crippen LogP contribution is 2.39. The van der Waals surface area contributed by atoms with E-state index in [-0.39, 0.29) is 11.9 Å². The number of thiocarbonyl (C=S) groups is 1. The molecule has 2 fully saturated rings. The highest BCUT2D eigenvalue weighted by molar-refractivity contribution is 8.26. The van der Waals surface area contributed by atoms with Gasteiger partial charge in [0.2, 0.25) is 0 Å². The number of carbonyl (C=O) groups is 1. The number of benzene rings is 2. The van der Waals surface area contributed by atoms with Crippen molar-refractivity contribution in [3.8, 4) is 22.7 Å². The molecule has 35 heavy (non-hydrogen) atoms. The van der Waals surface area contributed by atoms with E-state index in [0.29, 0.717) is 15.8 Å². The van der Waals surface area contributed by atoms with Crippen LogP contribution in [-0.4, -0.2) is 37.6 Å². The van der Waals surface area contributed by atoms with Crippen LogP contribution in [0.15, 0.2) is 59.6 Å². The van der Waals surface area contributed by atoms with Gasteiger partial charge in [-0.05, 0) is 68.2 Å². The predicted octanol–water partition coefficient (Wildman–Crippen LogP) is 6.78. The number of hydrogen-bond donors (Lipinski definition) is 0. The average molecular weight is 504 g/mol. The van der Waals surface area contributed by atoms with Crippen molar-refractivity contribution in [1.82, 2.24) is 14.7 Å². The Morgan fingerprint density at radius 2 is 1.94 bits per heavy atom. The minimum absolute atomic E-state index is 0.0188. The largest absolute Gasteiger partial charge is 0.494 e. The molecule has 0 unspecified atom stereocenters. The topological polar surface area (TPSA) is 47.4 Å². The van der Waals surface area contributed by atoms with Gasteiger partial charge in [-0.15, -0.1) is 0 Å². The highest BCUT2D eigenvalue weighted by atomic mass is 32.2. The molecule has 2 heterocycles. The molecule has 0 spiro atoms. The average Bonchev–Trinajstić information content (AvgIpc) is 3.59. The molecule has 3 aromatic rings. The number of amides is 1. The Morgan fingerprint density at radius 3 is 2.66 bits per heavy atom. The monoisotopic (exact) mass is 503 g/mol. The van der Waals surface area contributed by atoms with E-state index in [1.807, 2.05) is 58.3 Å². The normalized spacial score (nSPS) is 17.7. The molecule has 0 atom stereocenters. The summed E-state index contributed by atoms with van der Waals surface area (Å²) in [6.45, 7) is 4.85. The maximum Gasteiger partial charge on any atom is 0.266 e. The lowest BCUT2D eigenvalue weighted by molar-refractivity contribution is -0.123. The Bertz CT molecular complexity index is 1280. The lowest BCUT2D eigenvalue weighted by Gasteiger charge is -2.21. The van der Waals surface area contributed by atoms with Gasteiger partial charge >= 0.3 is 0 Å². The van der Waals surface area contributed by atoms with Crippen LogP contribution in [-0.2, 0) is 4.79 Å². The number of thioether (sulfide) groups is 1. The number of hydrogen-bond acceptors (Lipinski definition) is 5. The Hall–Kier alpha value is -2.90. The van der Waals surface area contributed by atoms with E-state index in [1.165, 1.54) is 11.8 Å². The van der Waals surface area contributed by atoms with Gasteiger partial charge in [0.25, 0.3) is 5.91 Å². The second-order valence-corrected chi connectivity index (χ2v) is 10.7. The molecule has 2 aliphatic rings. The minimum atomic E-state index is 0.0188. The van der Waals surface area contributed by atoms with Gasteiger partial charge in [-0.2, -0.15) is 5.10 Å². The van der Waals surface area contributed by atoms with Crippen molar-refractivity contribution in [1.29, 1.82) is 0 Å². The first kappa shape index (κ1) is 23.8. The third-order valence-corrected chi connectivity index (χ3v) is 7.82. The summed E-state index contributed by atoms with van der Waals surface area (Å²) in [5.74, 6) is 0.875. The Labute approximate surface area is 216 Å². The van der Waals surface area contributed by atoms with E-state index in [1.54, 1.807) is 0 Å². The van der Waals surface area contributed by atoms with Crippen LogP contribution in [0, 0.1) is 6.92 Å². The standard InChI is InChI=1S/C28H29N3O2S2/c1-3-15-33-23-13-14-24(19(2)16-23)26-20(18-30(29-26)21-9-5-4-6-10-21)17-25-27(32)31(28(34)35-25)22-11-7-8-12-22/h4-6,9-10,13-14,16-18,22H,3,7-8,11-12,15H2,1-2H3/b25-17+. The molecule has 0 bridgehead atoms. The first-order valence-corrected chi connectivity index (χ1v) is 13.4. The van der Waals surface area contributed by atoms with Crippen LogP contribution in [0.25, 0.3) is 23.0 Å². The summed E-state index contributed by atoms with van der Waals surface area (Å²) >= 11 is 7.02. The molecule has 1 aromatic heterocycles. The van der Waals surface area contributed by atoms with Crippen LogP contribution in [0.5, 0.6) is 5.75 Å². The van der Waals surface area contributed by atoms with E-state index in [4.69, 9.17) is 22.1 Å². The van der Waals surface area contributed by atoms with Crippen LogP contribution >= 0.6 is 24.0 Å². The molecular weight excluding hydrogens is 474 g/mol. The van der Waals surface area contributed by atoms with Gasteiger partial charge in [-0.25, -0.2) is 4.68 Å². The van der Waals surface area contributed by atoms with Crippen molar-refractivity contribution in [3.05, 3.63) is 70.8 Å². The number of rotatable bonds is 7. The van der Waals surface area contributed by atoms with Crippen LogP contribution in [0.1, 0.15) is 50.2 Å². The van der Waals surface area contributed by atoms with Crippen molar-refractivity contribution in [2.45, 2.75) is 52.0 Å². The predicted molar refractivity (Wildman–Crippen MR) is 147 cm³/mol. The fourth-order valence-electron chi connectivity index (χ4n) is 4.73. The molecule has 2 aromatic carbocycles. The molecule has 5 nitrogen and oxygen atoms in total. The molecule has 7 heteroatoms. The van der Waals surface area contributed by atoms with Crippen LogP contribution < -0.4 is 4.74 Å². The number of aryl methyl sites for hydroxylation is 1. The van der Waals surface area contributed by atoms with Gasteiger partial charge in [0.05, 0.1) is 17.2 Å². The van der Waals surface area contributed by atoms with Gasteiger partial charge in [0.15, 0.2) is 0 Å². The molecule has 180 valence electrons. The van der Waals surface area contributed by atoms with E-state index >= 15 is 0 Å². The van der Waals surface area contributed by atoms with Gasteiger partial charge in [-0.3, -0.25) is 9.69 Å². The van der Waals surface area contributed by atoms with Gasteiger partial charge in [0, 0.05) is 23.4 Å². The van der Waals surface area contributed by atoms with Crippen molar-refractivity contribution in [2.75, 3.05) is 6.61 Å². The summed E-state index contributed by atoms with van der Waals surface area (Å²) in [6.07, 6.45) is 9.29. The maximum absolute atomic E-state index is 13.3. The first-order valence-electron chi connectivity index (χ1n) is 12.2. The van der Waals surface area contributed by atoms with Crippen molar-refractivity contribution < 1.29 is 9.53 Å². The molecular formula is C28H29N3O2S2. The zero-order chi connectivity index (χ0) is 24.4. The minimum Gasteiger partial charge on any atom is -0.494 e. The summed E-state index contributed by atoms with van der Waals surface area (Å²) in [5, 5.41) is 4.95. The number of carbonyl (C=O) groups excluding carboxylic acids is 1. The highest BCUT2D eigenvalue weighted by Gasteiger charge is 2.38. The third kappa shape index (κ3) is 4.93. The van der Waals surface area contributed by atoms with Crippen molar-refractivity contribution in [2.24, 2.45) is 0 Å². The summed E-state index contributed by atoms with van der Waals surface area (Å²) in [5.41, 5.74) is 4.78. The number of aromatic nitrogens is 2. The lowest BCUT2D eigenvalue weighted by Crippen LogP contribution is -2.36. The molecule has 1 aliphatic heterocycles. The van der Waals surface area contributed by atoms with Gasteiger partial charge < -0.3 is 4.74 Å². The quantitative estimate of drug-likeness (QED) is 0.263. The maximum atomic E-state index is 13.3. The van der Waals surface area contributed by atoms with Crippen molar-refractivity contribution >= 4 is 40.3 Å². The fraction of sp³-hybridized carbons (Fsp3) is 0.321. The van der Waals surface area contributed by atoms with Crippen LogP contribution in [0.4, 0.5) is 0 Å². The zero-order valence-electron chi connectivity index (χ0n) is 20.1.